The molecule has 2 rings (SSSR count). The lowest BCUT2D eigenvalue weighted by Gasteiger charge is -2.36. The lowest BCUT2D eigenvalue weighted by atomic mass is 10.0. The summed E-state index contributed by atoms with van der Waals surface area (Å²) in [5, 5.41) is 19.1. The Bertz CT molecular complexity index is 638. The fourth-order valence-electron chi connectivity index (χ4n) is 3.26. The second-order valence-corrected chi connectivity index (χ2v) is 7.39. The van der Waals surface area contributed by atoms with Crippen molar-refractivity contribution in [3.63, 3.8) is 0 Å². The van der Waals surface area contributed by atoms with Crippen LogP contribution in [0.15, 0.2) is 36.4 Å². The highest BCUT2D eigenvalue weighted by atomic mass is 16.5. The van der Waals surface area contributed by atoms with E-state index in [9.17, 15) is 9.59 Å². The van der Waals surface area contributed by atoms with Gasteiger partial charge in [-0.15, -0.1) is 0 Å². The van der Waals surface area contributed by atoms with Crippen molar-refractivity contribution in [3.05, 3.63) is 42.0 Å². The number of nitrogens with zero attached hydrogens (tertiary/aromatic N) is 1. The molecule has 1 aromatic rings. The fraction of sp³-hybridized carbons (Fsp3) is 0.545. The van der Waals surface area contributed by atoms with Gasteiger partial charge in [0.1, 0.15) is 5.75 Å². The highest BCUT2D eigenvalue weighted by Gasteiger charge is 2.21. The van der Waals surface area contributed by atoms with Gasteiger partial charge in [-0.3, -0.25) is 4.90 Å². The molecule has 1 aliphatic heterocycles. The Hall–Kier alpha value is -2.38. The molecule has 0 saturated carbocycles. The predicted octanol–water partition coefficient (Wildman–Crippen LogP) is 3.01. The summed E-state index contributed by atoms with van der Waals surface area (Å²) in [5.41, 5.74) is 1.36. The van der Waals surface area contributed by atoms with Crippen LogP contribution in [-0.2, 0) is 16.1 Å². The van der Waals surface area contributed by atoms with E-state index in [0.29, 0.717) is 24.1 Å². The molecular weight excluding hydrogens is 372 g/mol. The van der Waals surface area contributed by atoms with Crippen molar-refractivity contribution in [2.45, 2.75) is 46.2 Å². The normalized spacial score (nSPS) is 14.7. The van der Waals surface area contributed by atoms with Crippen molar-refractivity contribution in [1.82, 2.24) is 10.2 Å². The summed E-state index contributed by atoms with van der Waals surface area (Å²) >= 11 is 0. The van der Waals surface area contributed by atoms with Gasteiger partial charge in [0.2, 0.25) is 0 Å². The molecule has 1 aromatic carbocycles. The molecule has 0 atom stereocenters. The number of ether oxygens (including phenoxy) is 1. The standard InChI is InChI=1S/C18H30N2O.C4H4O4/c1-4-21-18-7-5-6-16(12-18)14-20(13-15(2)3)17-8-10-19-11-9-17;5-3(6)1-2-4(7)8/h5-7,12,15,17,19H,4,8-11,13-14H2,1-3H3;1-2H,(H,5,6)(H,7,8)/b;2-1+. The van der Waals surface area contributed by atoms with Crippen molar-refractivity contribution >= 4 is 11.9 Å². The van der Waals surface area contributed by atoms with Crippen LogP contribution in [0, 0.1) is 5.92 Å². The van der Waals surface area contributed by atoms with Gasteiger partial charge in [0.25, 0.3) is 0 Å². The SMILES string of the molecule is CCOc1cccc(CN(CC(C)C)C2CCNCC2)c1.O=C(O)/C=C/C(=O)O. The summed E-state index contributed by atoms with van der Waals surface area (Å²) in [7, 11) is 0. The second kappa shape index (κ2) is 13.7. The Morgan fingerprint density at radius 3 is 2.34 bits per heavy atom. The van der Waals surface area contributed by atoms with E-state index in [4.69, 9.17) is 14.9 Å². The largest absolute Gasteiger partial charge is 0.494 e. The zero-order valence-electron chi connectivity index (χ0n) is 17.6. The van der Waals surface area contributed by atoms with E-state index in [1.165, 1.54) is 24.9 Å². The third-order valence-electron chi connectivity index (χ3n) is 4.39. The molecule has 0 amide bonds. The minimum Gasteiger partial charge on any atom is -0.494 e. The smallest absolute Gasteiger partial charge is 0.328 e. The Kier molecular flexibility index (Phi) is 11.7. The van der Waals surface area contributed by atoms with Gasteiger partial charge < -0.3 is 20.3 Å². The summed E-state index contributed by atoms with van der Waals surface area (Å²) in [6.07, 6.45) is 3.64. The Labute approximate surface area is 173 Å². The lowest BCUT2D eigenvalue weighted by Crippen LogP contribution is -2.44. The average molecular weight is 407 g/mol. The molecule has 1 heterocycles. The Balaban J connectivity index is 0.000000447. The van der Waals surface area contributed by atoms with Crippen LogP contribution in [0.1, 0.15) is 39.2 Å². The first-order valence-corrected chi connectivity index (χ1v) is 10.1. The first-order valence-electron chi connectivity index (χ1n) is 10.1. The molecule has 0 aromatic heterocycles. The van der Waals surface area contributed by atoms with E-state index in [1.807, 2.05) is 13.0 Å². The number of rotatable bonds is 9. The van der Waals surface area contributed by atoms with E-state index in [1.54, 1.807) is 0 Å². The maximum Gasteiger partial charge on any atom is 0.328 e. The minimum absolute atomic E-state index is 0.558. The van der Waals surface area contributed by atoms with E-state index in [-0.39, 0.29) is 0 Å². The number of benzene rings is 1. The highest BCUT2D eigenvalue weighted by Crippen LogP contribution is 2.20. The lowest BCUT2D eigenvalue weighted by molar-refractivity contribution is -0.134. The van der Waals surface area contributed by atoms with E-state index < -0.39 is 11.9 Å². The van der Waals surface area contributed by atoms with Crippen molar-refractivity contribution in [1.29, 1.82) is 0 Å². The van der Waals surface area contributed by atoms with Crippen LogP contribution < -0.4 is 10.1 Å². The number of piperidine rings is 1. The van der Waals surface area contributed by atoms with Gasteiger partial charge in [0.05, 0.1) is 6.61 Å². The monoisotopic (exact) mass is 406 g/mol. The summed E-state index contributed by atoms with van der Waals surface area (Å²) in [6, 6.07) is 9.28. The molecule has 162 valence electrons. The zero-order valence-corrected chi connectivity index (χ0v) is 17.6. The number of nitrogens with one attached hydrogen (secondary N) is 1. The molecule has 3 N–H and O–H groups in total. The van der Waals surface area contributed by atoms with Crippen LogP contribution >= 0.6 is 0 Å². The number of carboxylic acid groups (broad SMARTS) is 2. The third-order valence-corrected chi connectivity index (χ3v) is 4.39. The van der Waals surface area contributed by atoms with Crippen LogP contribution in [0.4, 0.5) is 0 Å². The van der Waals surface area contributed by atoms with E-state index >= 15 is 0 Å². The summed E-state index contributed by atoms with van der Waals surface area (Å²) in [4.78, 5) is 21.8. The minimum atomic E-state index is -1.26. The number of carbonyl (C=O) groups is 2. The van der Waals surface area contributed by atoms with Gasteiger partial charge >= 0.3 is 11.9 Å². The van der Waals surface area contributed by atoms with Crippen LogP contribution in [0.3, 0.4) is 0 Å². The summed E-state index contributed by atoms with van der Waals surface area (Å²) in [5.74, 6) is -0.820. The first-order chi connectivity index (χ1) is 13.8. The van der Waals surface area contributed by atoms with Crippen LogP contribution in [-0.4, -0.2) is 59.3 Å². The van der Waals surface area contributed by atoms with Crippen molar-refractivity contribution < 1.29 is 24.5 Å². The molecule has 0 spiro atoms. The molecule has 0 unspecified atom stereocenters. The topological polar surface area (TPSA) is 99.1 Å². The highest BCUT2D eigenvalue weighted by molar-refractivity contribution is 5.89. The van der Waals surface area contributed by atoms with Gasteiger partial charge in [-0.25, -0.2) is 9.59 Å². The average Bonchev–Trinajstić information content (AvgIpc) is 2.67. The van der Waals surface area contributed by atoms with Crippen LogP contribution in [0.5, 0.6) is 5.75 Å². The molecule has 1 fully saturated rings. The van der Waals surface area contributed by atoms with Crippen molar-refractivity contribution in [2.24, 2.45) is 5.92 Å². The van der Waals surface area contributed by atoms with Crippen molar-refractivity contribution in [2.75, 3.05) is 26.2 Å². The summed E-state index contributed by atoms with van der Waals surface area (Å²) < 4.78 is 5.63. The van der Waals surface area contributed by atoms with E-state index in [0.717, 1.165) is 32.0 Å². The molecular formula is C22H34N2O5. The molecule has 0 aliphatic carbocycles. The summed E-state index contributed by atoms with van der Waals surface area (Å²) in [6.45, 7) is 11.9. The molecule has 1 saturated heterocycles. The molecule has 29 heavy (non-hydrogen) atoms. The molecule has 0 bridgehead atoms. The Morgan fingerprint density at radius 2 is 1.83 bits per heavy atom. The predicted molar refractivity (Wildman–Crippen MR) is 113 cm³/mol. The van der Waals surface area contributed by atoms with Gasteiger partial charge in [-0.2, -0.15) is 0 Å². The van der Waals surface area contributed by atoms with Crippen molar-refractivity contribution in [3.8, 4) is 5.75 Å². The molecule has 0 radical (unpaired) electrons. The zero-order chi connectivity index (χ0) is 21.6. The molecule has 7 nitrogen and oxygen atoms in total. The van der Waals surface area contributed by atoms with Gasteiger partial charge in [0, 0.05) is 31.3 Å². The molecule has 1 aliphatic rings. The molecule has 7 heteroatoms. The quantitative estimate of drug-likeness (QED) is 0.542. The van der Waals surface area contributed by atoms with Gasteiger partial charge in [-0.1, -0.05) is 26.0 Å². The van der Waals surface area contributed by atoms with Crippen LogP contribution in [0.25, 0.3) is 0 Å². The van der Waals surface area contributed by atoms with Gasteiger partial charge in [-0.05, 0) is 56.5 Å². The maximum atomic E-state index is 9.55. The second-order valence-electron chi connectivity index (χ2n) is 7.39. The van der Waals surface area contributed by atoms with E-state index in [2.05, 4.69) is 42.3 Å². The number of aliphatic carboxylic acids is 2. The third kappa shape index (κ3) is 11.3. The number of carboxylic acids is 2. The van der Waals surface area contributed by atoms with Crippen LogP contribution in [0.2, 0.25) is 0 Å². The number of hydrogen-bond acceptors (Lipinski definition) is 5. The number of hydrogen-bond donors (Lipinski definition) is 3. The van der Waals surface area contributed by atoms with Gasteiger partial charge in [0.15, 0.2) is 0 Å². The first kappa shape index (κ1) is 24.7. The maximum absolute atomic E-state index is 9.55. The fourth-order valence-corrected chi connectivity index (χ4v) is 3.26. The Morgan fingerprint density at radius 1 is 1.21 bits per heavy atom.